The molecule has 1 aliphatic heterocycles. The number of hydrogen-bond donors (Lipinski definition) is 0. The van der Waals surface area contributed by atoms with Gasteiger partial charge in [-0.3, -0.25) is 0 Å². The lowest BCUT2D eigenvalue weighted by Gasteiger charge is -2.48. The van der Waals surface area contributed by atoms with Crippen molar-refractivity contribution in [3.63, 3.8) is 0 Å². The first-order chi connectivity index (χ1) is 8.08. The van der Waals surface area contributed by atoms with Gasteiger partial charge in [0.25, 0.3) is 0 Å². The molecule has 0 radical (unpaired) electrons. The van der Waals surface area contributed by atoms with Crippen LogP contribution in [0.3, 0.4) is 0 Å². The maximum Gasteiger partial charge on any atom is 0.504 e. The van der Waals surface area contributed by atoms with Gasteiger partial charge in [-0.05, 0) is 6.42 Å². The highest BCUT2D eigenvalue weighted by Gasteiger charge is 2.58. The smallest absolute Gasteiger partial charge is 0.385 e. The third-order valence-corrected chi connectivity index (χ3v) is 7.14. The van der Waals surface area contributed by atoms with Gasteiger partial charge in [-0.15, -0.1) is 0 Å². The zero-order valence-electron chi connectivity index (χ0n) is 11.4. The topological polar surface area (TPSA) is 46.2 Å². The van der Waals surface area contributed by atoms with Gasteiger partial charge in [-0.1, -0.05) is 6.92 Å². The zero-order chi connectivity index (χ0) is 12.9. The van der Waals surface area contributed by atoms with Gasteiger partial charge in [0, 0.05) is 46.0 Å². The van der Waals surface area contributed by atoms with Gasteiger partial charge in [0.05, 0.1) is 13.2 Å². The SMILES string of the molecule is COCCC(C1(C)COC1)[Si](OC)(OC)OC. The van der Waals surface area contributed by atoms with E-state index in [0.717, 1.165) is 19.6 Å². The van der Waals surface area contributed by atoms with Crippen LogP contribution in [0.4, 0.5) is 0 Å². The number of ether oxygens (including phenoxy) is 2. The second-order valence-corrected chi connectivity index (χ2v) is 7.83. The summed E-state index contributed by atoms with van der Waals surface area (Å²) in [5, 5.41) is 0. The van der Waals surface area contributed by atoms with Crippen molar-refractivity contribution in [2.75, 3.05) is 48.3 Å². The summed E-state index contributed by atoms with van der Waals surface area (Å²) in [6, 6.07) is 0. The molecule has 102 valence electrons. The molecule has 0 aromatic carbocycles. The molecule has 0 N–H and O–H groups in total. The van der Waals surface area contributed by atoms with E-state index in [1.165, 1.54) is 0 Å². The Bertz CT molecular complexity index is 220. The second kappa shape index (κ2) is 6.26. The van der Waals surface area contributed by atoms with Crippen molar-refractivity contribution >= 4 is 8.80 Å². The van der Waals surface area contributed by atoms with E-state index in [2.05, 4.69) is 6.92 Å². The molecule has 1 saturated heterocycles. The molecule has 0 bridgehead atoms. The van der Waals surface area contributed by atoms with E-state index in [4.69, 9.17) is 22.8 Å². The van der Waals surface area contributed by atoms with E-state index in [-0.39, 0.29) is 11.0 Å². The van der Waals surface area contributed by atoms with Crippen molar-refractivity contribution in [3.8, 4) is 0 Å². The van der Waals surface area contributed by atoms with Crippen molar-refractivity contribution < 1.29 is 22.8 Å². The minimum Gasteiger partial charge on any atom is -0.385 e. The molecule has 0 saturated carbocycles. The van der Waals surface area contributed by atoms with Crippen LogP contribution in [0.1, 0.15) is 13.3 Å². The maximum atomic E-state index is 5.60. The van der Waals surface area contributed by atoms with Crippen molar-refractivity contribution in [2.24, 2.45) is 5.41 Å². The lowest BCUT2D eigenvalue weighted by molar-refractivity contribution is -0.119. The summed E-state index contributed by atoms with van der Waals surface area (Å²) in [4.78, 5) is 0. The molecule has 0 aromatic rings. The van der Waals surface area contributed by atoms with Crippen LogP contribution in [0.2, 0.25) is 5.54 Å². The first-order valence-corrected chi connectivity index (χ1v) is 7.61. The minimum absolute atomic E-state index is 0.0623. The Morgan fingerprint density at radius 1 is 1.12 bits per heavy atom. The quantitative estimate of drug-likeness (QED) is 0.619. The minimum atomic E-state index is -2.65. The fourth-order valence-electron chi connectivity index (χ4n) is 2.49. The standard InChI is InChI=1S/C11H24O5Si/c1-11(8-16-9-11)10(6-7-12-2)17(13-3,14-4)15-5/h10H,6-9H2,1-5H3. The molecule has 0 aliphatic carbocycles. The van der Waals surface area contributed by atoms with Crippen LogP contribution in [0.5, 0.6) is 0 Å². The van der Waals surface area contributed by atoms with Crippen molar-refractivity contribution in [1.29, 1.82) is 0 Å². The summed E-state index contributed by atoms with van der Waals surface area (Å²) in [6.07, 6.45) is 0.859. The Labute approximate surface area is 105 Å². The molecule has 1 rings (SSSR count). The molecular formula is C11H24O5Si. The molecule has 1 heterocycles. The van der Waals surface area contributed by atoms with Gasteiger partial charge in [-0.25, -0.2) is 0 Å². The molecule has 1 aliphatic rings. The largest absolute Gasteiger partial charge is 0.504 e. The molecule has 6 heteroatoms. The molecule has 17 heavy (non-hydrogen) atoms. The molecule has 5 nitrogen and oxygen atoms in total. The normalized spacial score (nSPS) is 21.0. The van der Waals surface area contributed by atoms with E-state index in [1.54, 1.807) is 28.4 Å². The highest BCUT2D eigenvalue weighted by Crippen LogP contribution is 2.47. The van der Waals surface area contributed by atoms with Crippen LogP contribution in [0.15, 0.2) is 0 Å². The summed E-state index contributed by atoms with van der Waals surface area (Å²) in [7, 11) is 4.02. The summed E-state index contributed by atoms with van der Waals surface area (Å²) in [5.41, 5.74) is 0.260. The van der Waals surface area contributed by atoms with Crippen LogP contribution in [-0.4, -0.2) is 57.1 Å². The van der Waals surface area contributed by atoms with E-state index >= 15 is 0 Å². The molecule has 0 spiro atoms. The summed E-state index contributed by atoms with van der Waals surface area (Å²) in [5.74, 6) is 0. The molecule has 0 aromatic heterocycles. The van der Waals surface area contributed by atoms with Crippen LogP contribution in [-0.2, 0) is 22.8 Å². The lowest BCUT2D eigenvalue weighted by Crippen LogP contribution is -2.58. The molecule has 1 atom stereocenters. The number of hydrogen-bond acceptors (Lipinski definition) is 5. The summed E-state index contributed by atoms with van der Waals surface area (Å²) in [6.45, 7) is 4.32. The van der Waals surface area contributed by atoms with Gasteiger partial charge >= 0.3 is 8.80 Å². The van der Waals surface area contributed by atoms with Crippen LogP contribution in [0.25, 0.3) is 0 Å². The Kier molecular flexibility index (Phi) is 5.55. The van der Waals surface area contributed by atoms with Gasteiger partial charge < -0.3 is 22.8 Å². The van der Waals surface area contributed by atoms with Crippen molar-refractivity contribution in [3.05, 3.63) is 0 Å². The fraction of sp³-hybridized carbons (Fsp3) is 1.00. The predicted octanol–water partition coefficient (Wildman–Crippen LogP) is 1.31. The lowest BCUT2D eigenvalue weighted by atomic mass is 9.83. The highest BCUT2D eigenvalue weighted by molar-refractivity contribution is 6.62. The Balaban J connectivity index is 2.86. The average molecular weight is 264 g/mol. The first kappa shape index (κ1) is 15.1. The Morgan fingerprint density at radius 3 is 1.94 bits per heavy atom. The van der Waals surface area contributed by atoms with Gasteiger partial charge in [0.2, 0.25) is 0 Å². The molecule has 0 amide bonds. The molecule has 1 fully saturated rings. The third-order valence-electron chi connectivity index (χ3n) is 3.60. The Hall–Kier alpha value is 0.0169. The van der Waals surface area contributed by atoms with Crippen LogP contribution in [0, 0.1) is 5.41 Å². The van der Waals surface area contributed by atoms with Crippen LogP contribution < -0.4 is 0 Å². The fourth-order valence-corrected chi connectivity index (χ4v) is 5.33. The number of methoxy groups -OCH3 is 1. The second-order valence-electron chi connectivity index (χ2n) is 4.70. The summed E-state index contributed by atoms with van der Waals surface area (Å²) < 4.78 is 27.3. The zero-order valence-corrected chi connectivity index (χ0v) is 12.4. The number of rotatable bonds is 8. The van der Waals surface area contributed by atoms with Gasteiger partial charge in [-0.2, -0.15) is 0 Å². The highest BCUT2D eigenvalue weighted by atomic mass is 28.4. The molecular weight excluding hydrogens is 240 g/mol. The summed E-state index contributed by atoms with van der Waals surface area (Å²) >= 11 is 0. The van der Waals surface area contributed by atoms with E-state index in [1.807, 2.05) is 0 Å². The maximum absolute atomic E-state index is 5.60. The van der Waals surface area contributed by atoms with Gasteiger partial charge in [0.15, 0.2) is 0 Å². The van der Waals surface area contributed by atoms with Crippen LogP contribution >= 0.6 is 0 Å². The molecule has 1 unspecified atom stereocenters. The monoisotopic (exact) mass is 264 g/mol. The van der Waals surface area contributed by atoms with E-state index < -0.39 is 8.80 Å². The average Bonchev–Trinajstić information content (AvgIpc) is 2.32. The predicted molar refractivity (Wildman–Crippen MR) is 66.0 cm³/mol. The van der Waals surface area contributed by atoms with Crippen molar-refractivity contribution in [1.82, 2.24) is 0 Å². The van der Waals surface area contributed by atoms with E-state index in [9.17, 15) is 0 Å². The van der Waals surface area contributed by atoms with Gasteiger partial charge in [0.1, 0.15) is 0 Å². The third kappa shape index (κ3) is 2.89. The first-order valence-electron chi connectivity index (χ1n) is 5.80. The van der Waals surface area contributed by atoms with E-state index in [0.29, 0.717) is 6.61 Å². The Morgan fingerprint density at radius 2 is 1.65 bits per heavy atom. The van der Waals surface area contributed by atoms with Crippen molar-refractivity contribution in [2.45, 2.75) is 18.9 Å².